The number of hydrogen-bond donors (Lipinski definition) is 1. The molecule has 8 radical (unpaired) electrons. The number of amides is 2. The van der Waals surface area contributed by atoms with Crippen molar-refractivity contribution in [2.45, 2.75) is 30.3 Å². The van der Waals surface area contributed by atoms with Crippen molar-refractivity contribution in [1.29, 1.82) is 0 Å². The van der Waals surface area contributed by atoms with Crippen LogP contribution in [0.2, 0.25) is 0 Å². The first-order valence-corrected chi connectivity index (χ1v) is 12.1. The fraction of sp³-hybridized carbons (Fsp3) is 0.292. The number of ether oxygens (including phenoxy) is 1. The average molecular weight is 554 g/mol. The number of carbonyl (C=O) groups is 2. The Bertz CT molecular complexity index is 1660. The highest BCUT2D eigenvalue weighted by atomic mass is 19.4. The van der Waals surface area contributed by atoms with Crippen LogP contribution in [0.15, 0.2) is 47.1 Å². The maximum Gasteiger partial charge on any atom is 0.422 e. The van der Waals surface area contributed by atoms with Crippen LogP contribution >= 0.6 is 0 Å². The second-order valence-electron chi connectivity index (χ2n) is 9.46. The molecule has 200 valence electrons. The molecular weight excluding hydrogens is 537 g/mol. The van der Waals surface area contributed by atoms with E-state index >= 15 is 0 Å². The lowest BCUT2D eigenvalue weighted by Crippen LogP contribution is -2.75. The van der Waals surface area contributed by atoms with Gasteiger partial charge in [0.25, 0.3) is 5.91 Å². The van der Waals surface area contributed by atoms with Crippen molar-refractivity contribution >= 4 is 54.1 Å². The van der Waals surface area contributed by atoms with Gasteiger partial charge in [0.1, 0.15) is 5.69 Å². The Hall–Kier alpha value is -4.16. The summed E-state index contributed by atoms with van der Waals surface area (Å²) in [5.74, 6) is -1.20. The molecule has 17 heteroatoms. The van der Waals surface area contributed by atoms with Crippen LogP contribution in [0.1, 0.15) is 26.7 Å². The van der Waals surface area contributed by atoms with Gasteiger partial charge in [0.15, 0.2) is 6.61 Å². The van der Waals surface area contributed by atoms with E-state index < -0.39 is 35.3 Å². The van der Waals surface area contributed by atoms with Crippen LogP contribution in [0.25, 0.3) is 22.3 Å². The van der Waals surface area contributed by atoms with Gasteiger partial charge in [-0.2, -0.15) is 18.2 Å². The van der Waals surface area contributed by atoms with E-state index in [1.165, 1.54) is 30.5 Å². The Labute approximate surface area is 236 Å². The number of alkyl halides is 3. The summed E-state index contributed by atoms with van der Waals surface area (Å²) >= 11 is 0. The molecule has 0 bridgehead atoms. The fourth-order valence-corrected chi connectivity index (χ4v) is 4.44. The van der Waals surface area contributed by atoms with Crippen LogP contribution in [0, 0.1) is 6.92 Å². The molecule has 1 aromatic carbocycles. The van der Waals surface area contributed by atoms with Crippen LogP contribution in [-0.2, 0) is 6.54 Å². The van der Waals surface area contributed by atoms with Gasteiger partial charge in [-0.15, -0.1) is 0 Å². The summed E-state index contributed by atoms with van der Waals surface area (Å²) in [5.41, 5.74) is 1.04. The van der Waals surface area contributed by atoms with Crippen LogP contribution in [0.5, 0.6) is 5.88 Å². The molecule has 0 atom stereocenters. The standard InChI is InChI=1S/C24H17B4F3N6O4/c1-12-33-18(35-41-12)13-3-2-4-14(9-13)19(38)34-23(25,26)24(27,28)37-8-7-36-16-5-6-32-20(40-11-22(29,30)31)15(16)10-17(36)21(37)39/h2-6,9-10H,7-8,11H2,1H3,(H,34,38). The smallest absolute Gasteiger partial charge is 0.422 e. The van der Waals surface area contributed by atoms with E-state index in [2.05, 4.69) is 20.4 Å². The molecule has 0 fully saturated rings. The zero-order valence-corrected chi connectivity index (χ0v) is 21.5. The number of nitrogens with one attached hydrogen (secondary N) is 1. The number of aryl methyl sites for hydroxylation is 1. The number of pyridine rings is 1. The first-order chi connectivity index (χ1) is 19.2. The lowest BCUT2D eigenvalue weighted by atomic mass is 9.37. The number of fused-ring (bicyclic) bond motifs is 3. The van der Waals surface area contributed by atoms with Gasteiger partial charge in [-0.25, -0.2) is 4.98 Å². The minimum absolute atomic E-state index is 0.0293. The summed E-state index contributed by atoms with van der Waals surface area (Å²) < 4.78 is 49.5. The lowest BCUT2D eigenvalue weighted by molar-refractivity contribution is -0.153. The summed E-state index contributed by atoms with van der Waals surface area (Å²) in [4.78, 5) is 35.6. The van der Waals surface area contributed by atoms with Crippen molar-refractivity contribution in [2.24, 2.45) is 0 Å². The molecule has 0 spiro atoms. The predicted molar refractivity (Wildman–Crippen MR) is 143 cm³/mol. The van der Waals surface area contributed by atoms with E-state index in [0.717, 1.165) is 4.90 Å². The Morgan fingerprint density at radius 1 is 1.15 bits per heavy atom. The van der Waals surface area contributed by atoms with E-state index in [4.69, 9.17) is 40.6 Å². The Balaban J connectivity index is 1.38. The first kappa shape index (κ1) is 28.4. The Morgan fingerprint density at radius 3 is 2.59 bits per heavy atom. The zero-order valence-electron chi connectivity index (χ0n) is 21.5. The molecule has 1 aliphatic rings. The monoisotopic (exact) mass is 554 g/mol. The molecule has 10 nitrogen and oxygen atoms in total. The molecular formula is C24H17B4F3N6O4. The van der Waals surface area contributed by atoms with Crippen molar-refractivity contribution < 1.29 is 32.0 Å². The first-order valence-electron chi connectivity index (χ1n) is 12.1. The normalized spacial score (nSPS) is 14.2. The van der Waals surface area contributed by atoms with E-state index in [-0.39, 0.29) is 41.4 Å². The second kappa shape index (κ2) is 10.0. The molecule has 3 aromatic heterocycles. The number of nitrogens with zero attached hydrogens (tertiary/aromatic N) is 5. The number of rotatable bonds is 7. The third-order valence-corrected chi connectivity index (χ3v) is 6.52. The maximum atomic E-state index is 13.5. The molecule has 0 aliphatic carbocycles. The molecule has 41 heavy (non-hydrogen) atoms. The molecule has 1 aliphatic heterocycles. The fourth-order valence-electron chi connectivity index (χ4n) is 4.44. The minimum atomic E-state index is -4.59. The van der Waals surface area contributed by atoms with Gasteiger partial charge in [-0.1, -0.05) is 17.3 Å². The third-order valence-electron chi connectivity index (χ3n) is 6.52. The van der Waals surface area contributed by atoms with Crippen molar-refractivity contribution in [3.63, 3.8) is 0 Å². The minimum Gasteiger partial charge on any atom is -0.468 e. The van der Waals surface area contributed by atoms with Crippen LogP contribution in [-0.4, -0.2) is 97.8 Å². The Morgan fingerprint density at radius 2 is 1.90 bits per heavy atom. The van der Waals surface area contributed by atoms with E-state index in [9.17, 15) is 22.8 Å². The van der Waals surface area contributed by atoms with Crippen LogP contribution < -0.4 is 10.1 Å². The second-order valence-corrected chi connectivity index (χ2v) is 9.46. The van der Waals surface area contributed by atoms with Gasteiger partial charge < -0.3 is 24.0 Å². The SMILES string of the molecule is [B]C([B])(NC(=O)c1cccc(-c2noc(C)n2)c1)C([B])([B])N1CCn2c(cc3c(OCC(F)(F)F)nccc32)C1=O. The summed E-state index contributed by atoms with van der Waals surface area (Å²) in [7, 11) is 25.0. The number of halogens is 3. The molecule has 0 saturated carbocycles. The Kier molecular flexibility index (Phi) is 6.94. The van der Waals surface area contributed by atoms with Crippen LogP contribution in [0.3, 0.4) is 0 Å². The molecule has 1 N–H and O–H groups in total. The number of hydrogen-bond acceptors (Lipinski definition) is 7. The van der Waals surface area contributed by atoms with Crippen LogP contribution in [0.4, 0.5) is 13.2 Å². The topological polar surface area (TPSA) is 115 Å². The van der Waals surface area contributed by atoms with E-state index in [0.29, 0.717) is 17.0 Å². The van der Waals surface area contributed by atoms with Crippen molar-refractivity contribution in [1.82, 2.24) is 29.9 Å². The predicted octanol–water partition coefficient (Wildman–Crippen LogP) is 1.20. The number of carbonyl (C=O) groups excluding carboxylic acids is 2. The third kappa shape index (κ3) is 5.32. The van der Waals surface area contributed by atoms with Gasteiger partial charge >= 0.3 is 6.18 Å². The van der Waals surface area contributed by atoms with Gasteiger partial charge in [0, 0.05) is 37.3 Å². The summed E-state index contributed by atoms with van der Waals surface area (Å²) in [5, 5.41) is 1.69. The van der Waals surface area contributed by atoms with E-state index in [1.807, 2.05) is 0 Å². The van der Waals surface area contributed by atoms with E-state index in [1.54, 1.807) is 23.6 Å². The van der Waals surface area contributed by atoms with Gasteiger partial charge in [-0.3, -0.25) is 9.59 Å². The zero-order chi connectivity index (χ0) is 29.7. The highest BCUT2D eigenvalue weighted by Crippen LogP contribution is 2.33. The van der Waals surface area contributed by atoms with Crippen molar-refractivity contribution in [3.8, 4) is 17.3 Å². The molecule has 2 amide bonds. The van der Waals surface area contributed by atoms with Gasteiger partial charge in [0.2, 0.25) is 23.5 Å². The maximum absolute atomic E-state index is 13.5. The van der Waals surface area contributed by atoms with Gasteiger partial charge in [-0.05, 0) is 34.9 Å². The number of benzene rings is 1. The molecule has 5 rings (SSSR count). The summed E-state index contributed by atoms with van der Waals surface area (Å²) in [6.45, 7) is 0.0852. The molecule has 0 saturated heterocycles. The molecule has 0 unspecified atom stereocenters. The van der Waals surface area contributed by atoms with Crippen molar-refractivity contribution in [2.75, 3.05) is 13.2 Å². The average Bonchev–Trinajstić information content (AvgIpc) is 3.51. The summed E-state index contributed by atoms with van der Waals surface area (Å²) in [6.07, 6.45) is -3.32. The van der Waals surface area contributed by atoms with Crippen molar-refractivity contribution in [3.05, 3.63) is 59.7 Å². The summed E-state index contributed by atoms with van der Waals surface area (Å²) in [6, 6.07) is 9.04. The molecule has 4 heterocycles. The number of aromatic nitrogens is 4. The highest BCUT2D eigenvalue weighted by Gasteiger charge is 2.45. The largest absolute Gasteiger partial charge is 0.468 e. The lowest BCUT2D eigenvalue weighted by Gasteiger charge is -2.53. The van der Waals surface area contributed by atoms with Gasteiger partial charge in [0.05, 0.1) is 42.3 Å². The quantitative estimate of drug-likeness (QED) is 0.342. The highest BCUT2D eigenvalue weighted by molar-refractivity contribution is 6.55. The molecule has 4 aromatic rings.